The van der Waals surface area contributed by atoms with Gasteiger partial charge in [0, 0.05) is 25.9 Å². The summed E-state index contributed by atoms with van der Waals surface area (Å²) in [6.07, 6.45) is 12.1. The van der Waals surface area contributed by atoms with Gasteiger partial charge in [0.2, 0.25) is 5.91 Å². The highest BCUT2D eigenvalue weighted by Gasteiger charge is 2.19. The second-order valence-corrected chi connectivity index (χ2v) is 5.46. The zero-order chi connectivity index (χ0) is 13.9. The number of nitrogens with zero attached hydrogens (tertiary/aromatic N) is 1. The minimum atomic E-state index is 0.310. The van der Waals surface area contributed by atoms with E-state index in [4.69, 9.17) is 6.42 Å². The molecule has 1 aliphatic rings. The Morgan fingerprint density at radius 3 is 2.95 bits per heavy atom. The predicted molar refractivity (Wildman–Crippen MR) is 79.8 cm³/mol. The van der Waals surface area contributed by atoms with Crippen LogP contribution in [-0.4, -0.2) is 37.0 Å². The van der Waals surface area contributed by atoms with Crippen molar-refractivity contribution in [2.45, 2.75) is 51.9 Å². The first-order chi connectivity index (χ1) is 9.27. The Balaban J connectivity index is 2.32. The minimum absolute atomic E-state index is 0.310. The Bertz CT molecular complexity index is 290. The van der Waals surface area contributed by atoms with Crippen LogP contribution in [0.15, 0.2) is 0 Å². The number of terminal acetylenes is 1. The molecule has 0 saturated carbocycles. The molecular weight excluding hydrogens is 236 g/mol. The molecule has 0 aliphatic carbocycles. The molecule has 0 radical (unpaired) electrons. The summed E-state index contributed by atoms with van der Waals surface area (Å²) in [5, 5.41) is 3.42. The topological polar surface area (TPSA) is 32.3 Å². The molecule has 1 amide bonds. The maximum Gasteiger partial charge on any atom is 0.222 e. The highest BCUT2D eigenvalue weighted by molar-refractivity contribution is 5.76. The van der Waals surface area contributed by atoms with E-state index in [0.29, 0.717) is 18.2 Å². The highest BCUT2D eigenvalue weighted by Crippen LogP contribution is 2.13. The molecular formula is C16H28N2O. The normalized spacial score (nSPS) is 18.8. The zero-order valence-corrected chi connectivity index (χ0v) is 12.3. The molecule has 1 saturated heterocycles. The molecule has 1 rings (SSSR count). The van der Waals surface area contributed by atoms with Gasteiger partial charge < -0.3 is 10.2 Å². The average molecular weight is 264 g/mol. The number of rotatable bonds is 8. The van der Waals surface area contributed by atoms with E-state index in [2.05, 4.69) is 23.1 Å². The summed E-state index contributed by atoms with van der Waals surface area (Å²) in [4.78, 5) is 14.3. The quantitative estimate of drug-likeness (QED) is 0.539. The average Bonchev–Trinajstić information content (AvgIpc) is 2.44. The van der Waals surface area contributed by atoms with E-state index in [0.717, 1.165) is 51.9 Å². The van der Waals surface area contributed by atoms with Crippen molar-refractivity contribution in [1.82, 2.24) is 10.2 Å². The molecule has 0 aromatic rings. The SMILES string of the molecule is C#CCCCCC(=O)N(CCC)CC1CCCNC1. The van der Waals surface area contributed by atoms with E-state index in [1.165, 1.54) is 12.8 Å². The fourth-order valence-corrected chi connectivity index (χ4v) is 2.64. The molecule has 0 aromatic carbocycles. The lowest BCUT2D eigenvalue weighted by Gasteiger charge is -2.30. The molecule has 1 unspecified atom stereocenters. The number of amides is 1. The number of hydrogen-bond donors (Lipinski definition) is 1. The summed E-state index contributed by atoms with van der Waals surface area (Å²) in [6, 6.07) is 0. The van der Waals surface area contributed by atoms with E-state index < -0.39 is 0 Å². The smallest absolute Gasteiger partial charge is 0.222 e. The van der Waals surface area contributed by atoms with E-state index in [1.54, 1.807) is 0 Å². The third kappa shape index (κ3) is 6.63. The number of nitrogens with one attached hydrogen (secondary N) is 1. The van der Waals surface area contributed by atoms with E-state index in [9.17, 15) is 4.79 Å². The number of unbranched alkanes of at least 4 members (excludes halogenated alkanes) is 2. The molecule has 0 aromatic heterocycles. The second kappa shape index (κ2) is 9.86. The van der Waals surface area contributed by atoms with Gasteiger partial charge in [-0.15, -0.1) is 12.3 Å². The maximum absolute atomic E-state index is 12.2. The fourth-order valence-electron chi connectivity index (χ4n) is 2.64. The summed E-state index contributed by atoms with van der Waals surface area (Å²) < 4.78 is 0. The molecule has 19 heavy (non-hydrogen) atoms. The van der Waals surface area contributed by atoms with Crippen molar-refractivity contribution in [3.8, 4) is 12.3 Å². The lowest BCUT2D eigenvalue weighted by atomic mass is 9.98. The highest BCUT2D eigenvalue weighted by atomic mass is 16.2. The molecule has 0 bridgehead atoms. The summed E-state index contributed by atoms with van der Waals surface area (Å²) in [5.74, 6) is 3.57. The van der Waals surface area contributed by atoms with E-state index >= 15 is 0 Å². The van der Waals surface area contributed by atoms with Crippen molar-refractivity contribution in [3.05, 3.63) is 0 Å². The van der Waals surface area contributed by atoms with Gasteiger partial charge in [-0.3, -0.25) is 4.79 Å². The maximum atomic E-state index is 12.2. The molecule has 1 atom stereocenters. The summed E-state index contributed by atoms with van der Waals surface area (Å²) in [5.41, 5.74) is 0. The van der Waals surface area contributed by atoms with Gasteiger partial charge in [0.05, 0.1) is 0 Å². The van der Waals surface area contributed by atoms with E-state index in [1.807, 2.05) is 0 Å². The Morgan fingerprint density at radius 2 is 2.32 bits per heavy atom. The van der Waals surface area contributed by atoms with Crippen LogP contribution >= 0.6 is 0 Å². The monoisotopic (exact) mass is 264 g/mol. The van der Waals surface area contributed by atoms with Gasteiger partial charge in [0.1, 0.15) is 0 Å². The van der Waals surface area contributed by atoms with Crippen molar-refractivity contribution in [2.24, 2.45) is 5.92 Å². The van der Waals surface area contributed by atoms with Crippen molar-refractivity contribution in [3.63, 3.8) is 0 Å². The molecule has 1 N–H and O–H groups in total. The van der Waals surface area contributed by atoms with Crippen LogP contribution in [0.5, 0.6) is 0 Å². The first kappa shape index (κ1) is 16.0. The Hall–Kier alpha value is -1.01. The third-order valence-electron chi connectivity index (χ3n) is 3.69. The molecule has 1 heterocycles. The van der Waals surface area contributed by atoms with Crippen molar-refractivity contribution in [2.75, 3.05) is 26.2 Å². The Labute approximate surface area is 118 Å². The third-order valence-corrected chi connectivity index (χ3v) is 3.69. The van der Waals surface area contributed by atoms with Crippen LogP contribution < -0.4 is 5.32 Å². The van der Waals surface area contributed by atoms with Crippen molar-refractivity contribution < 1.29 is 4.79 Å². The summed E-state index contributed by atoms with van der Waals surface area (Å²) in [7, 11) is 0. The standard InChI is InChI=1S/C16H28N2O/c1-3-5-6-7-10-16(19)18(12-4-2)14-15-9-8-11-17-13-15/h1,15,17H,4-14H2,2H3. The Morgan fingerprint density at radius 1 is 1.47 bits per heavy atom. The number of carbonyl (C=O) groups is 1. The number of carbonyl (C=O) groups excluding carboxylic acids is 1. The van der Waals surface area contributed by atoms with Crippen LogP contribution in [0.25, 0.3) is 0 Å². The molecule has 0 spiro atoms. The van der Waals surface area contributed by atoms with Gasteiger partial charge in [-0.2, -0.15) is 0 Å². The van der Waals surface area contributed by atoms with Crippen LogP contribution in [0, 0.1) is 18.3 Å². The van der Waals surface area contributed by atoms with Gasteiger partial charge in [-0.05, 0) is 51.1 Å². The lowest BCUT2D eigenvalue weighted by molar-refractivity contribution is -0.132. The summed E-state index contributed by atoms with van der Waals surface area (Å²) in [6.45, 7) is 6.14. The van der Waals surface area contributed by atoms with Gasteiger partial charge in [0.25, 0.3) is 0 Å². The van der Waals surface area contributed by atoms with E-state index in [-0.39, 0.29) is 0 Å². The minimum Gasteiger partial charge on any atom is -0.342 e. The Kier molecular flexibility index (Phi) is 8.33. The number of hydrogen-bond acceptors (Lipinski definition) is 2. The molecule has 1 fully saturated rings. The first-order valence-corrected chi connectivity index (χ1v) is 7.69. The largest absolute Gasteiger partial charge is 0.342 e. The summed E-state index contributed by atoms with van der Waals surface area (Å²) >= 11 is 0. The van der Waals surface area contributed by atoms with Crippen molar-refractivity contribution >= 4 is 5.91 Å². The molecule has 1 aliphatic heterocycles. The zero-order valence-electron chi connectivity index (χ0n) is 12.3. The van der Waals surface area contributed by atoms with Gasteiger partial charge in [0.15, 0.2) is 0 Å². The molecule has 3 heteroatoms. The van der Waals surface area contributed by atoms with Gasteiger partial charge in [-0.25, -0.2) is 0 Å². The van der Waals surface area contributed by atoms with Crippen LogP contribution in [0.3, 0.4) is 0 Å². The van der Waals surface area contributed by atoms with Crippen LogP contribution in [0.2, 0.25) is 0 Å². The van der Waals surface area contributed by atoms with Crippen molar-refractivity contribution in [1.29, 1.82) is 0 Å². The first-order valence-electron chi connectivity index (χ1n) is 7.69. The van der Waals surface area contributed by atoms with Crippen LogP contribution in [-0.2, 0) is 4.79 Å². The van der Waals surface area contributed by atoms with Gasteiger partial charge in [-0.1, -0.05) is 6.92 Å². The van der Waals surface area contributed by atoms with Gasteiger partial charge >= 0.3 is 0 Å². The van der Waals surface area contributed by atoms with Crippen LogP contribution in [0.1, 0.15) is 51.9 Å². The molecule has 108 valence electrons. The predicted octanol–water partition coefficient (Wildman–Crippen LogP) is 2.42. The fraction of sp³-hybridized carbons (Fsp3) is 0.812. The lowest BCUT2D eigenvalue weighted by Crippen LogP contribution is -2.41. The second-order valence-electron chi connectivity index (χ2n) is 5.46. The number of piperidine rings is 1. The molecule has 3 nitrogen and oxygen atoms in total. The van der Waals surface area contributed by atoms with Crippen LogP contribution in [0.4, 0.5) is 0 Å².